The van der Waals surface area contributed by atoms with E-state index in [0.29, 0.717) is 6.54 Å². The molecule has 1 saturated heterocycles. The SMILES string of the molecule is C=CC.C[C@@H]1CNC(=O)O1. The summed E-state index contributed by atoms with van der Waals surface area (Å²) in [5.41, 5.74) is 0. The van der Waals surface area contributed by atoms with Crippen LogP contribution in [0.25, 0.3) is 0 Å². The van der Waals surface area contributed by atoms with Crippen molar-refractivity contribution >= 4 is 6.09 Å². The zero-order valence-corrected chi connectivity index (χ0v) is 6.39. The number of ether oxygens (including phenoxy) is 1. The third kappa shape index (κ3) is 3.95. The van der Waals surface area contributed by atoms with Crippen molar-refractivity contribution < 1.29 is 9.53 Å². The maximum Gasteiger partial charge on any atom is 0.407 e. The zero-order chi connectivity index (χ0) is 7.98. The molecule has 0 unspecified atom stereocenters. The number of hydrogen-bond acceptors (Lipinski definition) is 2. The summed E-state index contributed by atoms with van der Waals surface area (Å²) in [6.45, 7) is 7.75. The minimum atomic E-state index is -0.299. The molecule has 3 heteroatoms. The monoisotopic (exact) mass is 143 g/mol. The highest BCUT2D eigenvalue weighted by molar-refractivity contribution is 5.69. The first-order valence-electron chi connectivity index (χ1n) is 3.22. The first-order valence-corrected chi connectivity index (χ1v) is 3.22. The summed E-state index contributed by atoms with van der Waals surface area (Å²) < 4.78 is 4.61. The average molecular weight is 143 g/mol. The molecule has 58 valence electrons. The van der Waals surface area contributed by atoms with Gasteiger partial charge in [0.15, 0.2) is 0 Å². The van der Waals surface area contributed by atoms with Crippen molar-refractivity contribution in [1.82, 2.24) is 5.32 Å². The van der Waals surface area contributed by atoms with Gasteiger partial charge in [0, 0.05) is 0 Å². The van der Waals surface area contributed by atoms with E-state index in [4.69, 9.17) is 0 Å². The highest BCUT2D eigenvalue weighted by atomic mass is 16.6. The van der Waals surface area contributed by atoms with Crippen LogP contribution < -0.4 is 5.32 Å². The van der Waals surface area contributed by atoms with E-state index in [1.807, 2.05) is 13.8 Å². The van der Waals surface area contributed by atoms with Gasteiger partial charge in [0.2, 0.25) is 0 Å². The second-order valence-electron chi connectivity index (χ2n) is 2.01. The Bertz CT molecular complexity index is 123. The van der Waals surface area contributed by atoms with Crippen LogP contribution in [0.2, 0.25) is 0 Å². The van der Waals surface area contributed by atoms with Crippen LogP contribution in [0.15, 0.2) is 12.7 Å². The molecule has 0 spiro atoms. The molecule has 1 heterocycles. The summed E-state index contributed by atoms with van der Waals surface area (Å²) in [5.74, 6) is 0. The molecular weight excluding hydrogens is 130 g/mol. The first-order chi connectivity index (χ1) is 4.70. The zero-order valence-electron chi connectivity index (χ0n) is 6.39. The van der Waals surface area contributed by atoms with Crippen molar-refractivity contribution in [3.63, 3.8) is 0 Å². The van der Waals surface area contributed by atoms with Crippen LogP contribution in [-0.4, -0.2) is 18.7 Å². The van der Waals surface area contributed by atoms with Crippen molar-refractivity contribution in [2.75, 3.05) is 6.54 Å². The second-order valence-corrected chi connectivity index (χ2v) is 2.01. The van der Waals surface area contributed by atoms with Gasteiger partial charge in [-0.2, -0.15) is 0 Å². The number of carbonyl (C=O) groups is 1. The molecular formula is C7H13NO2. The summed E-state index contributed by atoms with van der Waals surface area (Å²) in [6.07, 6.45) is 1.51. The number of amides is 1. The van der Waals surface area contributed by atoms with Gasteiger partial charge in [0.25, 0.3) is 0 Å². The van der Waals surface area contributed by atoms with Crippen LogP contribution >= 0.6 is 0 Å². The molecule has 0 aromatic heterocycles. The van der Waals surface area contributed by atoms with Gasteiger partial charge in [0.1, 0.15) is 6.10 Å². The van der Waals surface area contributed by atoms with Crippen molar-refractivity contribution in [2.45, 2.75) is 20.0 Å². The van der Waals surface area contributed by atoms with Gasteiger partial charge in [-0.05, 0) is 13.8 Å². The molecule has 0 radical (unpaired) electrons. The van der Waals surface area contributed by atoms with E-state index in [1.165, 1.54) is 0 Å². The molecule has 1 rings (SSSR count). The Kier molecular flexibility index (Phi) is 4.37. The Morgan fingerprint density at radius 2 is 2.40 bits per heavy atom. The molecule has 0 saturated carbocycles. The van der Waals surface area contributed by atoms with E-state index in [0.717, 1.165) is 0 Å². The van der Waals surface area contributed by atoms with E-state index in [-0.39, 0.29) is 12.2 Å². The van der Waals surface area contributed by atoms with Crippen LogP contribution in [0.1, 0.15) is 13.8 Å². The average Bonchev–Trinajstić information content (AvgIpc) is 2.17. The quantitative estimate of drug-likeness (QED) is 0.519. The molecule has 1 atom stereocenters. The number of cyclic esters (lactones) is 1. The standard InChI is InChI=1S/C4H7NO2.C3H6/c1-3-2-5-4(6)7-3;1-3-2/h3H,2H2,1H3,(H,5,6);3H,1H2,2H3/t3-;/m1./s1. The van der Waals surface area contributed by atoms with Gasteiger partial charge >= 0.3 is 6.09 Å². The number of carbonyl (C=O) groups excluding carboxylic acids is 1. The summed E-state index contributed by atoms with van der Waals surface area (Å²) >= 11 is 0. The Balaban J connectivity index is 0.000000236. The molecule has 1 fully saturated rings. The maximum atomic E-state index is 10.1. The lowest BCUT2D eigenvalue weighted by atomic mass is 10.4. The molecule has 0 aromatic carbocycles. The van der Waals surface area contributed by atoms with Crippen LogP contribution in [0.5, 0.6) is 0 Å². The third-order valence-electron chi connectivity index (χ3n) is 0.842. The van der Waals surface area contributed by atoms with Gasteiger partial charge in [-0.3, -0.25) is 0 Å². The molecule has 0 aliphatic carbocycles. The molecule has 1 amide bonds. The van der Waals surface area contributed by atoms with Gasteiger partial charge in [-0.25, -0.2) is 4.79 Å². The second kappa shape index (κ2) is 4.85. The Morgan fingerprint density at radius 1 is 1.90 bits per heavy atom. The fraction of sp³-hybridized carbons (Fsp3) is 0.571. The van der Waals surface area contributed by atoms with E-state index >= 15 is 0 Å². The van der Waals surface area contributed by atoms with Crippen molar-refractivity contribution in [1.29, 1.82) is 0 Å². The summed E-state index contributed by atoms with van der Waals surface area (Å²) in [5, 5.41) is 2.51. The maximum absolute atomic E-state index is 10.1. The van der Waals surface area contributed by atoms with Crippen LogP contribution in [-0.2, 0) is 4.74 Å². The molecule has 1 N–H and O–H groups in total. The minimum absolute atomic E-state index is 0.0625. The Morgan fingerprint density at radius 3 is 2.50 bits per heavy atom. The fourth-order valence-corrected chi connectivity index (χ4v) is 0.493. The van der Waals surface area contributed by atoms with Crippen LogP contribution in [0.4, 0.5) is 4.79 Å². The molecule has 0 aromatic rings. The Hall–Kier alpha value is -0.990. The first kappa shape index (κ1) is 9.01. The van der Waals surface area contributed by atoms with E-state index < -0.39 is 0 Å². The predicted octanol–water partition coefficient (Wildman–Crippen LogP) is 1.31. The highest BCUT2D eigenvalue weighted by Crippen LogP contribution is 1.95. The predicted molar refractivity (Wildman–Crippen MR) is 39.8 cm³/mol. The lowest BCUT2D eigenvalue weighted by molar-refractivity contribution is 0.148. The molecule has 3 nitrogen and oxygen atoms in total. The normalized spacial score (nSPS) is 21.8. The summed E-state index contributed by atoms with van der Waals surface area (Å²) in [7, 11) is 0. The molecule has 0 bridgehead atoms. The van der Waals surface area contributed by atoms with Gasteiger partial charge in [-0.1, -0.05) is 6.08 Å². The number of nitrogens with one attached hydrogen (secondary N) is 1. The smallest absolute Gasteiger partial charge is 0.407 e. The van der Waals surface area contributed by atoms with Crippen molar-refractivity contribution in [2.24, 2.45) is 0 Å². The Labute approximate surface area is 61.1 Å². The third-order valence-corrected chi connectivity index (χ3v) is 0.842. The summed E-state index contributed by atoms with van der Waals surface area (Å²) in [6, 6.07) is 0. The van der Waals surface area contributed by atoms with Crippen molar-refractivity contribution in [3.05, 3.63) is 12.7 Å². The lowest BCUT2D eigenvalue weighted by Gasteiger charge is -1.92. The van der Waals surface area contributed by atoms with E-state index in [9.17, 15) is 4.79 Å². The number of alkyl carbamates (subject to hydrolysis) is 1. The summed E-state index contributed by atoms with van der Waals surface area (Å²) in [4.78, 5) is 10.1. The van der Waals surface area contributed by atoms with Gasteiger partial charge in [-0.15, -0.1) is 6.58 Å². The number of hydrogen-bond donors (Lipinski definition) is 1. The van der Waals surface area contributed by atoms with Gasteiger partial charge in [0.05, 0.1) is 6.54 Å². The molecule has 10 heavy (non-hydrogen) atoms. The topological polar surface area (TPSA) is 38.3 Å². The fourth-order valence-electron chi connectivity index (χ4n) is 0.493. The minimum Gasteiger partial charge on any atom is -0.445 e. The van der Waals surface area contributed by atoms with E-state index in [1.54, 1.807) is 6.08 Å². The largest absolute Gasteiger partial charge is 0.445 e. The molecule has 1 aliphatic rings. The van der Waals surface area contributed by atoms with Gasteiger partial charge < -0.3 is 10.1 Å². The van der Waals surface area contributed by atoms with Crippen molar-refractivity contribution in [3.8, 4) is 0 Å². The van der Waals surface area contributed by atoms with Crippen LogP contribution in [0, 0.1) is 0 Å². The van der Waals surface area contributed by atoms with Crippen LogP contribution in [0.3, 0.4) is 0 Å². The number of rotatable bonds is 0. The molecule has 1 aliphatic heterocycles. The highest BCUT2D eigenvalue weighted by Gasteiger charge is 2.16. The van der Waals surface area contributed by atoms with E-state index in [2.05, 4.69) is 16.6 Å². The lowest BCUT2D eigenvalue weighted by Crippen LogP contribution is -2.12. The number of allylic oxidation sites excluding steroid dienone is 1.